The van der Waals surface area contributed by atoms with Gasteiger partial charge in [-0.25, -0.2) is 13.8 Å². The number of hydrogen-bond donors (Lipinski definition) is 1. The zero-order valence-corrected chi connectivity index (χ0v) is 7.59. The summed E-state index contributed by atoms with van der Waals surface area (Å²) in [5.41, 5.74) is 5.80. The van der Waals surface area contributed by atoms with E-state index >= 15 is 0 Å². The Morgan fingerprint density at radius 1 is 1.64 bits per heavy atom. The summed E-state index contributed by atoms with van der Waals surface area (Å²) in [6.07, 6.45) is -2.76. The van der Waals surface area contributed by atoms with Crippen LogP contribution in [0, 0.1) is 18.3 Å². The maximum absolute atomic E-state index is 12.5. The first-order valence-corrected chi connectivity index (χ1v) is 3.97. The lowest BCUT2D eigenvalue weighted by Gasteiger charge is -2.09. The minimum absolute atomic E-state index is 0.0551. The van der Waals surface area contributed by atoms with Gasteiger partial charge in [0, 0.05) is 0 Å². The van der Waals surface area contributed by atoms with Gasteiger partial charge in [0.2, 0.25) is 0 Å². The zero-order chi connectivity index (χ0) is 10.7. The maximum atomic E-state index is 12.5. The normalized spacial score (nSPS) is 10.2. The molecule has 0 spiro atoms. The molecule has 2 N–H and O–H groups in total. The van der Waals surface area contributed by atoms with Crippen molar-refractivity contribution in [2.75, 3.05) is 5.73 Å². The topological polar surface area (TPSA) is 62.7 Å². The molecule has 0 radical (unpaired) electrons. The number of rotatable bonds is 2. The average Bonchev–Trinajstić information content (AvgIpc) is 2.09. The summed E-state index contributed by atoms with van der Waals surface area (Å²) < 4.78 is 25.0. The molecule has 1 aromatic heterocycles. The second-order valence-electron chi connectivity index (χ2n) is 2.86. The third-order valence-corrected chi connectivity index (χ3v) is 1.86. The maximum Gasteiger partial charge on any atom is 0.280 e. The van der Waals surface area contributed by atoms with Crippen LogP contribution >= 0.6 is 0 Å². The Bertz CT molecular complexity index is 382. The first kappa shape index (κ1) is 10.4. The molecule has 0 aliphatic rings. The molecule has 0 atom stereocenters. The van der Waals surface area contributed by atoms with E-state index in [4.69, 9.17) is 11.0 Å². The predicted molar refractivity (Wildman–Crippen MR) is 47.7 cm³/mol. The Kier molecular flexibility index (Phi) is 2.97. The van der Waals surface area contributed by atoms with E-state index in [0.29, 0.717) is 5.56 Å². The molecule has 3 nitrogen and oxygen atoms in total. The summed E-state index contributed by atoms with van der Waals surface area (Å²) in [5.74, 6) is 0.0551. The van der Waals surface area contributed by atoms with Crippen LogP contribution in [0.2, 0.25) is 0 Å². The molecule has 0 aromatic carbocycles. The quantitative estimate of drug-likeness (QED) is 0.788. The molecule has 0 amide bonds. The van der Waals surface area contributed by atoms with Crippen LogP contribution < -0.4 is 5.73 Å². The third kappa shape index (κ3) is 1.96. The molecule has 0 bridgehead atoms. The number of nitriles is 1. The van der Waals surface area contributed by atoms with Crippen molar-refractivity contribution in [2.45, 2.75) is 19.8 Å². The van der Waals surface area contributed by atoms with Gasteiger partial charge in [0.1, 0.15) is 11.5 Å². The summed E-state index contributed by atoms with van der Waals surface area (Å²) in [6.45, 7) is 1.64. The SMILES string of the molecule is Cc1cc(N)nc(C(F)F)c1CC#N. The average molecular weight is 197 g/mol. The van der Waals surface area contributed by atoms with E-state index in [-0.39, 0.29) is 23.5 Å². The van der Waals surface area contributed by atoms with Gasteiger partial charge in [0.05, 0.1) is 12.5 Å². The van der Waals surface area contributed by atoms with Gasteiger partial charge in [0.25, 0.3) is 6.43 Å². The van der Waals surface area contributed by atoms with Crippen LogP contribution in [-0.4, -0.2) is 4.98 Å². The van der Waals surface area contributed by atoms with Crippen LogP contribution in [0.1, 0.15) is 23.2 Å². The molecule has 1 aromatic rings. The van der Waals surface area contributed by atoms with Gasteiger partial charge in [-0.05, 0) is 24.1 Å². The predicted octanol–water partition coefficient (Wildman–Crippen LogP) is 1.98. The summed E-state index contributed by atoms with van der Waals surface area (Å²) in [5, 5.41) is 8.47. The minimum Gasteiger partial charge on any atom is -0.384 e. The van der Waals surface area contributed by atoms with E-state index in [1.807, 2.05) is 6.07 Å². The molecule has 0 saturated heterocycles. The molecule has 5 heteroatoms. The fraction of sp³-hybridized carbons (Fsp3) is 0.333. The Morgan fingerprint density at radius 2 is 2.29 bits per heavy atom. The molecule has 74 valence electrons. The molecule has 0 aliphatic carbocycles. The number of nitrogens with zero attached hydrogens (tertiary/aromatic N) is 2. The van der Waals surface area contributed by atoms with Crippen molar-refractivity contribution in [2.24, 2.45) is 0 Å². The number of aryl methyl sites for hydroxylation is 1. The number of aromatic nitrogens is 1. The Balaban J connectivity index is 3.30. The van der Waals surface area contributed by atoms with E-state index in [0.717, 1.165) is 0 Å². The van der Waals surface area contributed by atoms with Crippen molar-refractivity contribution in [3.63, 3.8) is 0 Å². The second kappa shape index (κ2) is 4.01. The Labute approximate surface area is 80.2 Å². The zero-order valence-electron chi connectivity index (χ0n) is 7.59. The number of nitrogens with two attached hydrogens (primary N) is 1. The highest BCUT2D eigenvalue weighted by Crippen LogP contribution is 2.25. The lowest BCUT2D eigenvalue weighted by Crippen LogP contribution is -2.04. The number of halogens is 2. The van der Waals surface area contributed by atoms with Crippen LogP contribution in [0.5, 0.6) is 0 Å². The monoisotopic (exact) mass is 197 g/mol. The molecule has 0 saturated carbocycles. The highest BCUT2D eigenvalue weighted by molar-refractivity contribution is 5.42. The van der Waals surface area contributed by atoms with E-state index in [2.05, 4.69) is 4.98 Å². The lowest BCUT2D eigenvalue weighted by atomic mass is 10.0. The van der Waals surface area contributed by atoms with Crippen LogP contribution in [0.4, 0.5) is 14.6 Å². The van der Waals surface area contributed by atoms with Crippen molar-refractivity contribution < 1.29 is 8.78 Å². The van der Waals surface area contributed by atoms with Crippen molar-refractivity contribution in [3.8, 4) is 6.07 Å². The molecule has 0 unspecified atom stereocenters. The highest BCUT2D eigenvalue weighted by Gasteiger charge is 2.17. The van der Waals surface area contributed by atoms with Gasteiger partial charge in [-0.3, -0.25) is 0 Å². The van der Waals surface area contributed by atoms with Crippen LogP contribution in [0.25, 0.3) is 0 Å². The van der Waals surface area contributed by atoms with Gasteiger partial charge in [-0.1, -0.05) is 0 Å². The Morgan fingerprint density at radius 3 is 2.79 bits per heavy atom. The van der Waals surface area contributed by atoms with E-state index in [9.17, 15) is 8.78 Å². The van der Waals surface area contributed by atoms with Crippen LogP contribution in [0.15, 0.2) is 6.07 Å². The van der Waals surface area contributed by atoms with Gasteiger partial charge >= 0.3 is 0 Å². The molecule has 0 fully saturated rings. The Hall–Kier alpha value is -1.70. The second-order valence-corrected chi connectivity index (χ2v) is 2.86. The van der Waals surface area contributed by atoms with Crippen LogP contribution in [-0.2, 0) is 6.42 Å². The van der Waals surface area contributed by atoms with Gasteiger partial charge < -0.3 is 5.73 Å². The van der Waals surface area contributed by atoms with Crippen LogP contribution in [0.3, 0.4) is 0 Å². The van der Waals surface area contributed by atoms with E-state index in [1.54, 1.807) is 6.92 Å². The fourth-order valence-electron chi connectivity index (χ4n) is 1.24. The standard InChI is InChI=1S/C9H9F2N3/c1-5-4-7(13)14-8(9(10)11)6(5)2-3-12/h4,9H,2H2,1H3,(H2,13,14). The van der Waals surface area contributed by atoms with Crippen molar-refractivity contribution in [1.82, 2.24) is 4.98 Å². The largest absolute Gasteiger partial charge is 0.384 e. The summed E-state index contributed by atoms with van der Waals surface area (Å²) in [7, 11) is 0. The van der Waals surface area contributed by atoms with Crippen molar-refractivity contribution >= 4 is 5.82 Å². The number of hydrogen-bond acceptors (Lipinski definition) is 3. The first-order chi connectivity index (χ1) is 6.56. The molecule has 14 heavy (non-hydrogen) atoms. The van der Waals surface area contributed by atoms with E-state index < -0.39 is 6.43 Å². The molecule has 1 rings (SSSR count). The molecular weight excluding hydrogens is 188 g/mol. The van der Waals surface area contributed by atoms with Gasteiger partial charge in [-0.2, -0.15) is 5.26 Å². The third-order valence-electron chi connectivity index (χ3n) is 1.86. The smallest absolute Gasteiger partial charge is 0.280 e. The molecule has 0 aliphatic heterocycles. The number of nitrogen functional groups attached to an aromatic ring is 1. The van der Waals surface area contributed by atoms with Crippen molar-refractivity contribution in [1.29, 1.82) is 5.26 Å². The summed E-state index contributed by atoms with van der Waals surface area (Å²) in [4.78, 5) is 3.53. The minimum atomic E-state index is -2.69. The summed E-state index contributed by atoms with van der Waals surface area (Å²) in [6, 6.07) is 3.31. The lowest BCUT2D eigenvalue weighted by molar-refractivity contribution is 0.145. The number of pyridine rings is 1. The van der Waals surface area contributed by atoms with Gasteiger partial charge in [-0.15, -0.1) is 0 Å². The first-order valence-electron chi connectivity index (χ1n) is 3.97. The molecule has 1 heterocycles. The summed E-state index contributed by atoms with van der Waals surface area (Å²) >= 11 is 0. The number of anilines is 1. The molecular formula is C9H9F2N3. The number of alkyl halides is 2. The highest BCUT2D eigenvalue weighted by atomic mass is 19.3. The van der Waals surface area contributed by atoms with E-state index in [1.165, 1.54) is 6.07 Å². The fourth-order valence-corrected chi connectivity index (χ4v) is 1.24. The van der Waals surface area contributed by atoms with Gasteiger partial charge in [0.15, 0.2) is 0 Å². The van der Waals surface area contributed by atoms with Crippen molar-refractivity contribution in [3.05, 3.63) is 22.9 Å².